The number of nitrogens with one attached hydrogen (secondary N) is 1. The van der Waals surface area contributed by atoms with Crippen molar-refractivity contribution in [1.82, 2.24) is 0 Å². The molecule has 0 aliphatic carbocycles. The first kappa shape index (κ1) is 14.5. The van der Waals surface area contributed by atoms with Crippen molar-refractivity contribution in [2.24, 2.45) is 0 Å². The molecule has 0 aromatic heterocycles. The fourth-order valence-corrected chi connectivity index (χ4v) is 2.16. The van der Waals surface area contributed by atoms with Crippen molar-refractivity contribution in [3.05, 3.63) is 59.9 Å². The average Bonchev–Trinajstić information content (AvgIpc) is 2.41. The van der Waals surface area contributed by atoms with Crippen molar-refractivity contribution in [3.63, 3.8) is 0 Å². The lowest BCUT2D eigenvalue weighted by atomic mass is 10.2. The van der Waals surface area contributed by atoms with E-state index in [0.29, 0.717) is 17.4 Å². The summed E-state index contributed by atoms with van der Waals surface area (Å²) in [5.41, 5.74) is 0.551. The summed E-state index contributed by atoms with van der Waals surface area (Å²) in [7, 11) is 0. The Bertz CT molecular complexity index is 602. The lowest BCUT2D eigenvalue weighted by molar-refractivity contribution is 0.102. The third-order valence-electron chi connectivity index (χ3n) is 2.46. The zero-order valence-electron chi connectivity index (χ0n) is 10.1. The normalized spacial score (nSPS) is 10.6. The summed E-state index contributed by atoms with van der Waals surface area (Å²) in [4.78, 5) is 12.2. The van der Waals surface area contributed by atoms with Gasteiger partial charge >= 0.3 is 0 Å². The number of rotatable bonds is 4. The Morgan fingerprint density at radius 2 is 1.70 bits per heavy atom. The van der Waals surface area contributed by atoms with E-state index in [1.165, 1.54) is 24.3 Å². The van der Waals surface area contributed by atoms with E-state index in [1.807, 2.05) is 0 Å². The molecule has 1 N–H and O–H groups in total. The first-order valence-corrected chi connectivity index (χ1v) is 6.55. The number of amides is 1. The molecule has 0 aliphatic rings. The van der Waals surface area contributed by atoms with Crippen LogP contribution in [-0.4, -0.2) is 11.7 Å². The quantitative estimate of drug-likeness (QED) is 0.848. The van der Waals surface area contributed by atoms with Gasteiger partial charge in [-0.05, 0) is 36.4 Å². The van der Waals surface area contributed by atoms with Gasteiger partial charge in [0.25, 0.3) is 11.7 Å². The molecule has 0 spiro atoms. The Morgan fingerprint density at radius 3 is 2.35 bits per heavy atom. The van der Waals surface area contributed by atoms with Crippen LogP contribution in [0.2, 0.25) is 0 Å². The van der Waals surface area contributed by atoms with Gasteiger partial charge in [0.15, 0.2) is 0 Å². The van der Waals surface area contributed by atoms with E-state index in [4.69, 9.17) is 0 Å². The molecule has 0 fully saturated rings. The van der Waals surface area contributed by atoms with Gasteiger partial charge in [-0.3, -0.25) is 4.79 Å². The van der Waals surface area contributed by atoms with Crippen LogP contribution >= 0.6 is 11.8 Å². The van der Waals surface area contributed by atoms with Crippen LogP contribution in [0.15, 0.2) is 53.4 Å². The van der Waals surface area contributed by atoms with Gasteiger partial charge in [0.2, 0.25) is 0 Å². The molecule has 1 amide bonds. The molecule has 2 nitrogen and oxygen atoms in total. The number of para-hydroxylation sites is 1. The van der Waals surface area contributed by atoms with Crippen molar-refractivity contribution < 1.29 is 18.0 Å². The van der Waals surface area contributed by atoms with Gasteiger partial charge in [-0.2, -0.15) is 8.78 Å². The Kier molecular flexibility index (Phi) is 4.68. The van der Waals surface area contributed by atoms with Gasteiger partial charge in [0.05, 0.1) is 5.69 Å². The number of alkyl halides is 2. The zero-order valence-corrected chi connectivity index (χ0v) is 11.0. The zero-order chi connectivity index (χ0) is 14.5. The van der Waals surface area contributed by atoms with Gasteiger partial charge in [-0.15, -0.1) is 0 Å². The Balaban J connectivity index is 2.17. The van der Waals surface area contributed by atoms with E-state index in [0.717, 1.165) is 12.1 Å². The Hall–Kier alpha value is -1.95. The fraction of sp³-hybridized carbons (Fsp3) is 0.0714. The molecule has 6 heteroatoms. The van der Waals surface area contributed by atoms with Crippen LogP contribution in [0, 0.1) is 5.82 Å². The summed E-state index contributed by atoms with van der Waals surface area (Å²) in [6.07, 6.45) is 0. The summed E-state index contributed by atoms with van der Waals surface area (Å²) in [5, 5.41) is 2.54. The van der Waals surface area contributed by atoms with E-state index in [1.54, 1.807) is 12.1 Å². The highest BCUT2D eigenvalue weighted by atomic mass is 32.2. The highest BCUT2D eigenvalue weighted by Gasteiger charge is 2.12. The van der Waals surface area contributed by atoms with Crippen LogP contribution in [0.4, 0.5) is 18.9 Å². The van der Waals surface area contributed by atoms with Gasteiger partial charge in [-0.25, -0.2) is 4.39 Å². The summed E-state index contributed by atoms with van der Waals surface area (Å²) in [6.45, 7) is 0. The topological polar surface area (TPSA) is 29.1 Å². The van der Waals surface area contributed by atoms with Crippen LogP contribution < -0.4 is 5.32 Å². The van der Waals surface area contributed by atoms with Crippen molar-refractivity contribution >= 4 is 23.4 Å². The molecule has 0 saturated heterocycles. The standard InChI is InChI=1S/C14H10F3NOS/c15-10-7-5-9(6-8-10)13(19)18-11-3-1-2-4-12(11)20-14(16)17/h1-8,14H,(H,18,19). The summed E-state index contributed by atoms with van der Waals surface area (Å²) >= 11 is 0.357. The summed E-state index contributed by atoms with van der Waals surface area (Å²) < 4.78 is 37.6. The molecule has 0 radical (unpaired) electrons. The molecule has 2 rings (SSSR count). The third kappa shape index (κ3) is 3.77. The van der Waals surface area contributed by atoms with Gasteiger partial charge in [0, 0.05) is 10.5 Å². The molecule has 0 saturated carbocycles. The van der Waals surface area contributed by atoms with Crippen molar-refractivity contribution in [1.29, 1.82) is 0 Å². The van der Waals surface area contributed by atoms with Gasteiger partial charge in [-0.1, -0.05) is 23.9 Å². The number of benzene rings is 2. The number of carbonyl (C=O) groups excluding carboxylic acids is 1. The fourth-order valence-electron chi connectivity index (χ4n) is 1.56. The number of thioether (sulfide) groups is 1. The maximum absolute atomic E-state index is 12.8. The Morgan fingerprint density at radius 1 is 1.05 bits per heavy atom. The highest BCUT2D eigenvalue weighted by Crippen LogP contribution is 2.31. The number of carbonyl (C=O) groups is 1. The number of anilines is 1. The highest BCUT2D eigenvalue weighted by molar-refractivity contribution is 7.99. The smallest absolute Gasteiger partial charge is 0.288 e. The first-order valence-electron chi connectivity index (χ1n) is 5.67. The van der Waals surface area contributed by atoms with E-state index in [2.05, 4.69) is 5.32 Å². The first-order chi connectivity index (χ1) is 9.56. The maximum atomic E-state index is 12.8. The largest absolute Gasteiger partial charge is 0.321 e. The van der Waals surface area contributed by atoms with Crippen molar-refractivity contribution in [2.75, 3.05) is 5.32 Å². The molecular formula is C14H10F3NOS. The molecule has 0 atom stereocenters. The molecule has 2 aromatic rings. The monoisotopic (exact) mass is 297 g/mol. The molecule has 104 valence electrons. The SMILES string of the molecule is O=C(Nc1ccccc1SC(F)F)c1ccc(F)cc1. The van der Waals surface area contributed by atoms with E-state index in [9.17, 15) is 18.0 Å². The predicted octanol–water partition coefficient (Wildman–Crippen LogP) is 4.39. The molecule has 0 bridgehead atoms. The summed E-state index contributed by atoms with van der Waals surface area (Å²) in [6, 6.07) is 11.3. The second-order valence-corrected chi connectivity index (χ2v) is 4.87. The van der Waals surface area contributed by atoms with Gasteiger partial charge in [0.1, 0.15) is 5.82 Å². The number of hydrogen-bond acceptors (Lipinski definition) is 2. The van der Waals surface area contributed by atoms with Crippen molar-refractivity contribution in [2.45, 2.75) is 10.7 Å². The van der Waals surface area contributed by atoms with Gasteiger partial charge < -0.3 is 5.32 Å². The minimum atomic E-state index is -2.57. The minimum absolute atomic E-state index is 0.253. The van der Waals surface area contributed by atoms with Crippen LogP contribution in [0.1, 0.15) is 10.4 Å². The average molecular weight is 297 g/mol. The number of halogens is 3. The molecule has 2 aromatic carbocycles. The maximum Gasteiger partial charge on any atom is 0.288 e. The van der Waals surface area contributed by atoms with E-state index >= 15 is 0 Å². The minimum Gasteiger partial charge on any atom is -0.321 e. The second kappa shape index (κ2) is 6.47. The predicted molar refractivity (Wildman–Crippen MR) is 72.7 cm³/mol. The van der Waals surface area contributed by atoms with Crippen LogP contribution in [0.3, 0.4) is 0 Å². The molecule has 0 heterocycles. The van der Waals surface area contributed by atoms with Crippen LogP contribution in [0.5, 0.6) is 0 Å². The van der Waals surface area contributed by atoms with Crippen molar-refractivity contribution in [3.8, 4) is 0 Å². The van der Waals surface area contributed by atoms with E-state index < -0.39 is 17.5 Å². The lowest BCUT2D eigenvalue weighted by Crippen LogP contribution is -2.12. The lowest BCUT2D eigenvalue weighted by Gasteiger charge is -2.10. The number of hydrogen-bond donors (Lipinski definition) is 1. The molecule has 0 aliphatic heterocycles. The molecule has 20 heavy (non-hydrogen) atoms. The molecular weight excluding hydrogens is 287 g/mol. The van der Waals surface area contributed by atoms with Crippen LogP contribution in [-0.2, 0) is 0 Å². The third-order valence-corrected chi connectivity index (χ3v) is 3.25. The van der Waals surface area contributed by atoms with Crippen LogP contribution in [0.25, 0.3) is 0 Å². The summed E-state index contributed by atoms with van der Waals surface area (Å²) in [5.74, 6) is -3.50. The van der Waals surface area contributed by atoms with E-state index in [-0.39, 0.29) is 10.5 Å². The molecule has 0 unspecified atom stereocenters. The second-order valence-electron chi connectivity index (χ2n) is 3.84. The Labute approximate surface area is 118 Å².